The zero-order valence-corrected chi connectivity index (χ0v) is 17.3. The van der Waals surface area contributed by atoms with Crippen LogP contribution in [-0.4, -0.2) is 46.3 Å². The predicted octanol–water partition coefficient (Wildman–Crippen LogP) is 1.75. The zero-order valence-electron chi connectivity index (χ0n) is 16.5. The summed E-state index contributed by atoms with van der Waals surface area (Å²) in [7, 11) is -2.32. The molecule has 0 spiro atoms. The molecule has 0 aliphatic carbocycles. The third-order valence-corrected chi connectivity index (χ3v) is 5.36. The summed E-state index contributed by atoms with van der Waals surface area (Å²) in [6.07, 6.45) is -0.237. The van der Waals surface area contributed by atoms with Crippen molar-refractivity contribution in [1.82, 2.24) is 4.72 Å². The van der Waals surface area contributed by atoms with Crippen LogP contribution in [0.1, 0.15) is 23.7 Å². The van der Waals surface area contributed by atoms with Crippen LogP contribution in [0.4, 0.5) is 5.69 Å². The third-order valence-electron chi connectivity index (χ3n) is 3.88. The Morgan fingerprint density at radius 2 is 1.60 bits per heavy atom. The van der Waals surface area contributed by atoms with E-state index in [9.17, 15) is 22.8 Å². The van der Waals surface area contributed by atoms with E-state index in [4.69, 9.17) is 9.47 Å². The van der Waals surface area contributed by atoms with E-state index < -0.39 is 22.6 Å². The number of rotatable bonds is 10. The number of ether oxygens (including phenoxy) is 2. The number of nitrogens with one attached hydrogen (secondary N) is 2. The highest BCUT2D eigenvalue weighted by Gasteiger charge is 2.15. The number of esters is 1. The minimum atomic E-state index is -3.83. The van der Waals surface area contributed by atoms with Gasteiger partial charge < -0.3 is 14.8 Å². The Labute approximate surface area is 174 Å². The molecule has 9 nitrogen and oxygen atoms in total. The summed E-state index contributed by atoms with van der Waals surface area (Å²) >= 11 is 0. The van der Waals surface area contributed by atoms with E-state index >= 15 is 0 Å². The fourth-order valence-corrected chi connectivity index (χ4v) is 3.40. The molecule has 0 radical (unpaired) electrons. The second kappa shape index (κ2) is 10.5. The summed E-state index contributed by atoms with van der Waals surface area (Å²) < 4.78 is 36.7. The normalized spacial score (nSPS) is 10.9. The number of benzene rings is 2. The van der Waals surface area contributed by atoms with Gasteiger partial charge in [0.25, 0.3) is 0 Å². The molecule has 0 atom stereocenters. The molecule has 0 unspecified atom stereocenters. The lowest BCUT2D eigenvalue weighted by Crippen LogP contribution is -2.27. The van der Waals surface area contributed by atoms with Crippen LogP contribution in [0.25, 0.3) is 0 Å². The van der Waals surface area contributed by atoms with Crippen molar-refractivity contribution >= 4 is 33.4 Å². The molecule has 0 saturated carbocycles. The number of amides is 1. The van der Waals surface area contributed by atoms with Gasteiger partial charge in [-0.2, -0.15) is 0 Å². The number of anilines is 1. The van der Waals surface area contributed by atoms with Gasteiger partial charge in [-0.3, -0.25) is 14.4 Å². The van der Waals surface area contributed by atoms with E-state index in [1.165, 1.54) is 38.3 Å². The van der Waals surface area contributed by atoms with Gasteiger partial charge in [0.1, 0.15) is 5.75 Å². The Morgan fingerprint density at radius 3 is 2.17 bits per heavy atom. The van der Waals surface area contributed by atoms with Crippen LogP contribution < -0.4 is 14.8 Å². The van der Waals surface area contributed by atoms with Gasteiger partial charge in [0.2, 0.25) is 15.9 Å². The molecule has 10 heteroatoms. The molecule has 0 bridgehead atoms. The number of sulfonamides is 1. The topological polar surface area (TPSA) is 128 Å². The number of hydrogen-bond acceptors (Lipinski definition) is 7. The van der Waals surface area contributed by atoms with Crippen LogP contribution in [0.3, 0.4) is 0 Å². The number of carbonyl (C=O) groups excluding carboxylic acids is 3. The maximum atomic E-state index is 12.2. The Balaban J connectivity index is 1.78. The fourth-order valence-electron chi connectivity index (χ4n) is 2.37. The Bertz CT molecular complexity index is 1000. The highest BCUT2D eigenvalue weighted by atomic mass is 32.2. The fraction of sp³-hybridized carbons (Fsp3) is 0.250. The van der Waals surface area contributed by atoms with Crippen molar-refractivity contribution in [2.24, 2.45) is 0 Å². The number of carbonyl (C=O) groups is 3. The average molecular weight is 434 g/mol. The predicted molar refractivity (Wildman–Crippen MR) is 109 cm³/mol. The van der Waals surface area contributed by atoms with E-state index in [0.29, 0.717) is 17.0 Å². The molecule has 2 aromatic carbocycles. The quantitative estimate of drug-likeness (QED) is 0.431. The molecule has 2 rings (SSSR count). The smallest absolute Gasteiger partial charge is 0.307 e. The van der Waals surface area contributed by atoms with Crippen molar-refractivity contribution in [3.63, 3.8) is 0 Å². The monoisotopic (exact) mass is 434 g/mol. The van der Waals surface area contributed by atoms with Crippen LogP contribution in [0.15, 0.2) is 53.4 Å². The minimum Gasteiger partial charge on any atom is -0.497 e. The first-order valence-electron chi connectivity index (χ1n) is 8.91. The van der Waals surface area contributed by atoms with E-state index in [1.807, 2.05) is 0 Å². The molecule has 0 aliphatic heterocycles. The SMILES string of the molecule is COc1ccc(C(=O)COC(=O)CCNS(=O)(=O)c2ccc(NC(C)=O)cc2)cc1. The van der Waals surface area contributed by atoms with Crippen molar-refractivity contribution in [3.05, 3.63) is 54.1 Å². The molecular weight excluding hydrogens is 412 g/mol. The molecule has 160 valence electrons. The van der Waals surface area contributed by atoms with E-state index in [1.54, 1.807) is 24.3 Å². The molecule has 0 fully saturated rings. The lowest BCUT2D eigenvalue weighted by Gasteiger charge is -2.08. The van der Waals surface area contributed by atoms with Gasteiger partial charge in [0.15, 0.2) is 12.4 Å². The lowest BCUT2D eigenvalue weighted by atomic mass is 10.1. The molecular formula is C20H22N2O7S. The Kier molecular flexibility index (Phi) is 8.07. The number of methoxy groups -OCH3 is 1. The molecule has 1 amide bonds. The lowest BCUT2D eigenvalue weighted by molar-refractivity contribution is -0.142. The summed E-state index contributed by atoms with van der Waals surface area (Å²) in [6.45, 7) is 0.712. The standard InChI is InChI=1S/C20H22N2O7S/c1-14(23)22-16-5-9-18(10-6-16)30(26,27)21-12-11-20(25)29-13-19(24)15-3-7-17(28-2)8-4-15/h3-10,21H,11-13H2,1-2H3,(H,22,23). The average Bonchev–Trinajstić information content (AvgIpc) is 2.72. The molecule has 0 saturated heterocycles. The first-order valence-corrected chi connectivity index (χ1v) is 10.4. The highest BCUT2D eigenvalue weighted by Crippen LogP contribution is 2.14. The van der Waals surface area contributed by atoms with Gasteiger partial charge in [-0.15, -0.1) is 0 Å². The van der Waals surface area contributed by atoms with Gasteiger partial charge in [-0.1, -0.05) is 0 Å². The van der Waals surface area contributed by atoms with Gasteiger partial charge in [0.05, 0.1) is 18.4 Å². The van der Waals surface area contributed by atoms with Gasteiger partial charge in [-0.25, -0.2) is 13.1 Å². The third kappa shape index (κ3) is 6.98. The first-order chi connectivity index (χ1) is 14.2. The van der Waals surface area contributed by atoms with Crippen LogP contribution in [0, 0.1) is 0 Å². The number of Topliss-reactive ketones (excluding diaryl/α,β-unsaturated/α-hetero) is 1. The maximum Gasteiger partial charge on any atom is 0.307 e. The van der Waals surface area contributed by atoms with E-state index in [-0.39, 0.29) is 29.6 Å². The van der Waals surface area contributed by atoms with Crippen LogP contribution in [0.5, 0.6) is 5.75 Å². The maximum absolute atomic E-state index is 12.2. The largest absolute Gasteiger partial charge is 0.497 e. The molecule has 30 heavy (non-hydrogen) atoms. The van der Waals surface area contributed by atoms with Gasteiger partial charge in [0, 0.05) is 24.7 Å². The Hall–Kier alpha value is -3.24. The Morgan fingerprint density at radius 1 is 0.967 bits per heavy atom. The van der Waals surface area contributed by atoms with Crippen LogP contribution >= 0.6 is 0 Å². The molecule has 0 heterocycles. The van der Waals surface area contributed by atoms with Crippen LogP contribution in [0.2, 0.25) is 0 Å². The first kappa shape index (κ1) is 23.0. The van der Waals surface area contributed by atoms with Crippen molar-refractivity contribution < 1.29 is 32.3 Å². The second-order valence-corrected chi connectivity index (χ2v) is 7.93. The van der Waals surface area contributed by atoms with Crippen molar-refractivity contribution in [2.45, 2.75) is 18.2 Å². The van der Waals surface area contributed by atoms with E-state index in [0.717, 1.165) is 0 Å². The summed E-state index contributed by atoms with van der Waals surface area (Å²) in [5, 5.41) is 2.53. The molecule has 0 aliphatic rings. The summed E-state index contributed by atoms with van der Waals surface area (Å²) in [6, 6.07) is 11.9. The second-order valence-electron chi connectivity index (χ2n) is 6.17. The van der Waals surface area contributed by atoms with Crippen LogP contribution in [-0.2, 0) is 24.3 Å². The highest BCUT2D eigenvalue weighted by molar-refractivity contribution is 7.89. The molecule has 0 aromatic heterocycles. The van der Waals surface area contributed by atoms with Crippen molar-refractivity contribution in [3.8, 4) is 5.75 Å². The van der Waals surface area contributed by atoms with Gasteiger partial charge in [-0.05, 0) is 48.5 Å². The van der Waals surface area contributed by atoms with Crippen molar-refractivity contribution in [2.75, 3.05) is 25.6 Å². The van der Waals surface area contributed by atoms with E-state index in [2.05, 4.69) is 10.0 Å². The summed E-state index contributed by atoms with van der Waals surface area (Å²) in [5.74, 6) is -0.764. The zero-order chi connectivity index (χ0) is 22.1. The van der Waals surface area contributed by atoms with Gasteiger partial charge >= 0.3 is 5.97 Å². The molecule has 2 N–H and O–H groups in total. The van der Waals surface area contributed by atoms with Crippen molar-refractivity contribution in [1.29, 1.82) is 0 Å². The number of hydrogen-bond donors (Lipinski definition) is 2. The molecule has 2 aromatic rings. The number of ketones is 1. The summed E-state index contributed by atoms with van der Waals surface area (Å²) in [5.41, 5.74) is 0.832. The summed E-state index contributed by atoms with van der Waals surface area (Å²) in [4.78, 5) is 34.8. The minimum absolute atomic E-state index is 0.0142.